The number of carbonyl (C=O) groups excluding carboxylic acids is 2. The maximum atomic E-state index is 12.5. The first-order valence-corrected chi connectivity index (χ1v) is 9.70. The summed E-state index contributed by atoms with van der Waals surface area (Å²) >= 11 is 1.64. The molecule has 2 N–H and O–H groups in total. The lowest BCUT2D eigenvalue weighted by molar-refractivity contribution is -0.125. The number of amides is 2. The van der Waals surface area contributed by atoms with Gasteiger partial charge in [-0.1, -0.05) is 0 Å². The molecule has 0 bridgehead atoms. The fourth-order valence-electron chi connectivity index (χ4n) is 3.36. The Kier molecular flexibility index (Phi) is 5.73. The predicted octanol–water partition coefficient (Wildman–Crippen LogP) is 1.86. The predicted molar refractivity (Wildman–Crippen MR) is 99.0 cm³/mol. The van der Waals surface area contributed by atoms with E-state index in [1.54, 1.807) is 25.2 Å². The van der Waals surface area contributed by atoms with Crippen molar-refractivity contribution in [3.05, 3.63) is 39.7 Å². The van der Waals surface area contributed by atoms with Crippen LogP contribution in [0.1, 0.15) is 41.0 Å². The summed E-state index contributed by atoms with van der Waals surface area (Å²) in [6.45, 7) is 7.28. The zero-order chi connectivity index (χ0) is 18.7. The minimum absolute atomic E-state index is 0.00571. The van der Waals surface area contributed by atoms with E-state index >= 15 is 0 Å². The Morgan fingerprint density at radius 2 is 2.23 bits per heavy atom. The summed E-state index contributed by atoms with van der Waals surface area (Å²) < 4.78 is 5.40. The van der Waals surface area contributed by atoms with Crippen LogP contribution in [0.15, 0.2) is 21.2 Å². The normalized spacial score (nSPS) is 20.3. The standard InChI is InChI=1S/C18H24N4O3S/c1-4-19-17(23)15-7-14(9-22(15)8-13-5-6-26-10-13)21-18(24)16-11(2)20-12(3)25-16/h5-6,10,14-15H,4,7-9H2,1-3H3,(H,19,23)(H,21,24)/t14-,15+/m1/s1. The molecular weight excluding hydrogens is 352 g/mol. The summed E-state index contributed by atoms with van der Waals surface area (Å²) in [5.74, 6) is 0.443. The van der Waals surface area contributed by atoms with Crippen LogP contribution in [0, 0.1) is 13.8 Å². The summed E-state index contributed by atoms with van der Waals surface area (Å²) in [4.78, 5) is 31.2. The van der Waals surface area contributed by atoms with Crippen molar-refractivity contribution in [2.24, 2.45) is 0 Å². The van der Waals surface area contributed by atoms with Gasteiger partial charge >= 0.3 is 0 Å². The Hall–Kier alpha value is -2.19. The second-order valence-electron chi connectivity index (χ2n) is 6.52. The van der Waals surface area contributed by atoms with Crippen molar-refractivity contribution in [1.82, 2.24) is 20.5 Å². The molecular formula is C18H24N4O3S. The quantitative estimate of drug-likeness (QED) is 0.804. The van der Waals surface area contributed by atoms with E-state index in [0.717, 1.165) is 0 Å². The minimum atomic E-state index is -0.278. The van der Waals surface area contributed by atoms with E-state index < -0.39 is 0 Å². The number of thiophene rings is 1. The molecule has 140 valence electrons. The highest BCUT2D eigenvalue weighted by Crippen LogP contribution is 2.22. The van der Waals surface area contributed by atoms with E-state index in [4.69, 9.17) is 4.42 Å². The number of hydrogen-bond acceptors (Lipinski definition) is 6. The van der Waals surface area contributed by atoms with E-state index in [0.29, 0.717) is 37.6 Å². The lowest BCUT2D eigenvalue weighted by Gasteiger charge is -2.22. The third-order valence-corrected chi connectivity index (χ3v) is 5.20. The van der Waals surface area contributed by atoms with Crippen LogP contribution in [-0.4, -0.2) is 46.9 Å². The SMILES string of the molecule is CCNC(=O)[C@@H]1C[C@@H](NC(=O)c2oc(C)nc2C)CN1Cc1ccsc1. The second-order valence-corrected chi connectivity index (χ2v) is 7.30. The number of carbonyl (C=O) groups is 2. The largest absolute Gasteiger partial charge is 0.436 e. The van der Waals surface area contributed by atoms with Crippen LogP contribution in [0.3, 0.4) is 0 Å². The summed E-state index contributed by atoms with van der Waals surface area (Å²) in [6, 6.07) is 1.70. The zero-order valence-corrected chi connectivity index (χ0v) is 16.1. The Labute approximate surface area is 156 Å². The first kappa shape index (κ1) is 18.6. The maximum absolute atomic E-state index is 12.5. The van der Waals surface area contributed by atoms with Crippen LogP contribution >= 0.6 is 11.3 Å². The minimum Gasteiger partial charge on any atom is -0.436 e. The molecule has 3 rings (SSSR count). The van der Waals surface area contributed by atoms with Crippen LogP contribution in [0.2, 0.25) is 0 Å². The van der Waals surface area contributed by atoms with Crippen molar-refractivity contribution in [3.8, 4) is 0 Å². The fraction of sp³-hybridized carbons (Fsp3) is 0.500. The summed E-state index contributed by atoms with van der Waals surface area (Å²) in [7, 11) is 0. The smallest absolute Gasteiger partial charge is 0.289 e. The number of nitrogens with one attached hydrogen (secondary N) is 2. The number of aromatic nitrogens is 1. The third kappa shape index (κ3) is 4.13. The lowest BCUT2D eigenvalue weighted by atomic mass is 10.1. The third-order valence-electron chi connectivity index (χ3n) is 4.47. The van der Waals surface area contributed by atoms with Gasteiger partial charge in [-0.25, -0.2) is 4.98 Å². The van der Waals surface area contributed by atoms with Gasteiger partial charge in [-0.2, -0.15) is 11.3 Å². The molecule has 1 fully saturated rings. The van der Waals surface area contributed by atoms with Crippen LogP contribution in [-0.2, 0) is 11.3 Å². The number of likely N-dealkylation sites (N-methyl/N-ethyl adjacent to an activating group) is 1. The highest BCUT2D eigenvalue weighted by Gasteiger charge is 2.37. The van der Waals surface area contributed by atoms with E-state index in [9.17, 15) is 9.59 Å². The molecule has 3 heterocycles. The molecule has 0 radical (unpaired) electrons. The number of aryl methyl sites for hydroxylation is 2. The molecule has 1 aliphatic heterocycles. The van der Waals surface area contributed by atoms with Gasteiger partial charge in [-0.15, -0.1) is 0 Å². The van der Waals surface area contributed by atoms with Gasteiger partial charge in [0.2, 0.25) is 11.7 Å². The Balaban J connectivity index is 1.69. The van der Waals surface area contributed by atoms with Crippen molar-refractivity contribution in [3.63, 3.8) is 0 Å². The van der Waals surface area contributed by atoms with Gasteiger partial charge in [-0.3, -0.25) is 14.5 Å². The average Bonchev–Trinajstić information content (AvgIpc) is 3.29. The van der Waals surface area contributed by atoms with Gasteiger partial charge in [0.25, 0.3) is 5.91 Å². The van der Waals surface area contributed by atoms with Gasteiger partial charge in [0.1, 0.15) is 0 Å². The molecule has 7 nitrogen and oxygen atoms in total. The topological polar surface area (TPSA) is 87.5 Å². The number of oxazole rings is 1. The van der Waals surface area contributed by atoms with Crippen molar-refractivity contribution >= 4 is 23.2 Å². The molecule has 2 aromatic heterocycles. The van der Waals surface area contributed by atoms with Gasteiger partial charge in [0, 0.05) is 32.6 Å². The van der Waals surface area contributed by atoms with Crippen LogP contribution < -0.4 is 10.6 Å². The first-order valence-electron chi connectivity index (χ1n) is 8.75. The lowest BCUT2D eigenvalue weighted by Crippen LogP contribution is -2.42. The Bertz CT molecular complexity index is 772. The van der Waals surface area contributed by atoms with Crippen molar-refractivity contribution in [2.45, 2.75) is 45.8 Å². The van der Waals surface area contributed by atoms with E-state index in [1.807, 2.05) is 12.3 Å². The van der Waals surface area contributed by atoms with Crippen molar-refractivity contribution < 1.29 is 14.0 Å². The van der Waals surface area contributed by atoms with Gasteiger partial charge in [0.15, 0.2) is 5.89 Å². The number of likely N-dealkylation sites (tertiary alicyclic amines) is 1. The van der Waals surface area contributed by atoms with Crippen LogP contribution in [0.5, 0.6) is 0 Å². The van der Waals surface area contributed by atoms with Gasteiger partial charge in [-0.05, 0) is 42.7 Å². The summed E-state index contributed by atoms with van der Waals surface area (Å²) in [6.07, 6.45) is 0.577. The molecule has 0 spiro atoms. The van der Waals surface area contributed by atoms with E-state index in [1.165, 1.54) is 5.56 Å². The number of rotatable bonds is 6. The molecule has 0 aliphatic carbocycles. The molecule has 1 saturated heterocycles. The van der Waals surface area contributed by atoms with E-state index in [-0.39, 0.29) is 29.7 Å². The van der Waals surface area contributed by atoms with Gasteiger partial charge in [0.05, 0.1) is 11.7 Å². The molecule has 0 unspecified atom stereocenters. The Morgan fingerprint density at radius 1 is 1.42 bits per heavy atom. The molecule has 0 saturated carbocycles. The molecule has 2 aromatic rings. The average molecular weight is 376 g/mol. The summed E-state index contributed by atoms with van der Waals surface area (Å²) in [5.41, 5.74) is 1.76. The van der Waals surface area contributed by atoms with E-state index in [2.05, 4.69) is 32.0 Å². The maximum Gasteiger partial charge on any atom is 0.289 e. The molecule has 8 heteroatoms. The Morgan fingerprint density at radius 3 is 2.85 bits per heavy atom. The molecule has 0 aromatic carbocycles. The highest BCUT2D eigenvalue weighted by molar-refractivity contribution is 7.07. The number of hydrogen-bond donors (Lipinski definition) is 2. The van der Waals surface area contributed by atoms with Crippen molar-refractivity contribution in [1.29, 1.82) is 0 Å². The van der Waals surface area contributed by atoms with Gasteiger partial charge < -0.3 is 15.1 Å². The fourth-order valence-corrected chi connectivity index (χ4v) is 4.02. The highest BCUT2D eigenvalue weighted by atomic mass is 32.1. The molecule has 26 heavy (non-hydrogen) atoms. The van der Waals surface area contributed by atoms with Crippen LogP contribution in [0.25, 0.3) is 0 Å². The molecule has 2 amide bonds. The monoisotopic (exact) mass is 376 g/mol. The summed E-state index contributed by atoms with van der Waals surface area (Å²) in [5, 5.41) is 10.0. The van der Waals surface area contributed by atoms with Crippen molar-refractivity contribution in [2.75, 3.05) is 13.1 Å². The van der Waals surface area contributed by atoms with Crippen LogP contribution in [0.4, 0.5) is 0 Å². The molecule has 2 atom stereocenters. The first-order chi connectivity index (χ1) is 12.5. The number of nitrogens with zero attached hydrogens (tertiary/aromatic N) is 2. The molecule has 1 aliphatic rings. The second kappa shape index (κ2) is 8.01. The zero-order valence-electron chi connectivity index (χ0n) is 15.2.